The summed E-state index contributed by atoms with van der Waals surface area (Å²) in [6.07, 6.45) is 2.39. The predicted octanol–water partition coefficient (Wildman–Crippen LogP) is 2.66. The smallest absolute Gasteiger partial charge is 0.138 e. The van der Waals surface area contributed by atoms with Crippen molar-refractivity contribution in [2.24, 2.45) is 0 Å². The SMILES string of the molecule is CC(C)(C)c1nc(N)cc(NC2CCSCC2)n1. The number of rotatable bonds is 2. The Kier molecular flexibility index (Phi) is 4.00. The molecule has 2 heterocycles. The molecule has 1 saturated heterocycles. The quantitative estimate of drug-likeness (QED) is 0.861. The van der Waals surface area contributed by atoms with Crippen LogP contribution in [0.4, 0.5) is 11.6 Å². The van der Waals surface area contributed by atoms with E-state index >= 15 is 0 Å². The van der Waals surface area contributed by atoms with Crippen molar-refractivity contribution in [1.82, 2.24) is 9.97 Å². The van der Waals surface area contributed by atoms with Crippen molar-refractivity contribution < 1.29 is 0 Å². The number of hydrogen-bond donors (Lipinski definition) is 2. The maximum Gasteiger partial charge on any atom is 0.138 e. The first-order chi connectivity index (χ1) is 8.45. The number of nitrogen functional groups attached to an aromatic ring is 1. The minimum atomic E-state index is -0.0752. The molecule has 18 heavy (non-hydrogen) atoms. The molecule has 1 aliphatic rings. The molecule has 0 bridgehead atoms. The van der Waals surface area contributed by atoms with Gasteiger partial charge in [0, 0.05) is 17.5 Å². The van der Waals surface area contributed by atoms with E-state index < -0.39 is 0 Å². The average Bonchev–Trinajstić information content (AvgIpc) is 2.28. The fourth-order valence-electron chi connectivity index (χ4n) is 1.93. The summed E-state index contributed by atoms with van der Waals surface area (Å²) in [4.78, 5) is 8.91. The maximum absolute atomic E-state index is 5.87. The third-order valence-corrected chi connectivity index (χ3v) is 4.04. The molecule has 0 amide bonds. The molecule has 1 aromatic rings. The summed E-state index contributed by atoms with van der Waals surface area (Å²) < 4.78 is 0. The Morgan fingerprint density at radius 3 is 2.56 bits per heavy atom. The Morgan fingerprint density at radius 1 is 1.28 bits per heavy atom. The first-order valence-corrected chi connectivity index (χ1v) is 7.60. The second kappa shape index (κ2) is 5.34. The molecule has 100 valence electrons. The van der Waals surface area contributed by atoms with Crippen LogP contribution in [0.5, 0.6) is 0 Å². The van der Waals surface area contributed by atoms with E-state index in [1.54, 1.807) is 0 Å². The van der Waals surface area contributed by atoms with Gasteiger partial charge in [-0.2, -0.15) is 11.8 Å². The zero-order valence-electron chi connectivity index (χ0n) is 11.4. The van der Waals surface area contributed by atoms with E-state index in [4.69, 9.17) is 5.73 Å². The molecule has 0 radical (unpaired) electrons. The molecule has 5 heteroatoms. The Balaban J connectivity index is 2.14. The number of hydrogen-bond acceptors (Lipinski definition) is 5. The van der Waals surface area contributed by atoms with Crippen LogP contribution in [0.2, 0.25) is 0 Å². The van der Waals surface area contributed by atoms with Crippen molar-refractivity contribution in [3.05, 3.63) is 11.9 Å². The molecule has 0 atom stereocenters. The predicted molar refractivity (Wildman–Crippen MR) is 79.1 cm³/mol. The first kappa shape index (κ1) is 13.5. The molecule has 3 N–H and O–H groups in total. The maximum atomic E-state index is 5.87. The molecule has 0 saturated carbocycles. The van der Waals surface area contributed by atoms with Gasteiger partial charge in [0.15, 0.2) is 0 Å². The van der Waals surface area contributed by atoms with Crippen molar-refractivity contribution >= 4 is 23.4 Å². The number of nitrogens with two attached hydrogens (primary N) is 1. The molecule has 0 aromatic carbocycles. The summed E-state index contributed by atoms with van der Waals surface area (Å²) in [6, 6.07) is 2.35. The zero-order chi connectivity index (χ0) is 13.2. The van der Waals surface area contributed by atoms with Gasteiger partial charge in [-0.3, -0.25) is 0 Å². The summed E-state index contributed by atoms with van der Waals surface area (Å²) >= 11 is 2.02. The van der Waals surface area contributed by atoms with Gasteiger partial charge in [0.1, 0.15) is 17.5 Å². The number of anilines is 2. The lowest BCUT2D eigenvalue weighted by molar-refractivity contribution is 0.545. The number of aromatic nitrogens is 2. The van der Waals surface area contributed by atoms with Crippen LogP contribution in [0.3, 0.4) is 0 Å². The highest BCUT2D eigenvalue weighted by molar-refractivity contribution is 7.99. The van der Waals surface area contributed by atoms with Crippen molar-refractivity contribution in [2.75, 3.05) is 22.6 Å². The molecule has 1 aliphatic heterocycles. The van der Waals surface area contributed by atoms with Crippen LogP contribution < -0.4 is 11.1 Å². The van der Waals surface area contributed by atoms with Gasteiger partial charge in [-0.25, -0.2) is 9.97 Å². The molecule has 0 aliphatic carbocycles. The second-order valence-electron chi connectivity index (χ2n) is 5.78. The van der Waals surface area contributed by atoms with Crippen LogP contribution in [0.15, 0.2) is 6.07 Å². The molecule has 0 unspecified atom stereocenters. The lowest BCUT2D eigenvalue weighted by Crippen LogP contribution is -2.26. The molecule has 2 rings (SSSR count). The third kappa shape index (κ3) is 3.51. The first-order valence-electron chi connectivity index (χ1n) is 6.44. The fourth-order valence-corrected chi connectivity index (χ4v) is 3.03. The van der Waals surface area contributed by atoms with E-state index in [1.165, 1.54) is 24.3 Å². The summed E-state index contributed by atoms with van der Waals surface area (Å²) in [5.74, 6) is 4.66. The van der Waals surface area contributed by atoms with Crippen molar-refractivity contribution in [3.8, 4) is 0 Å². The molecule has 4 nitrogen and oxygen atoms in total. The van der Waals surface area contributed by atoms with Gasteiger partial charge in [-0.15, -0.1) is 0 Å². The zero-order valence-corrected chi connectivity index (χ0v) is 12.2. The van der Waals surface area contributed by atoms with Crippen LogP contribution in [-0.4, -0.2) is 27.5 Å². The Hall–Kier alpha value is -0.970. The van der Waals surface area contributed by atoms with Crippen molar-refractivity contribution in [2.45, 2.75) is 45.1 Å². The van der Waals surface area contributed by atoms with Crippen LogP contribution in [0.1, 0.15) is 39.4 Å². The fraction of sp³-hybridized carbons (Fsp3) is 0.692. The summed E-state index contributed by atoms with van der Waals surface area (Å²) in [6.45, 7) is 6.30. The minimum absolute atomic E-state index is 0.0752. The van der Waals surface area contributed by atoms with Crippen LogP contribution in [-0.2, 0) is 5.41 Å². The van der Waals surface area contributed by atoms with E-state index in [0.717, 1.165) is 11.6 Å². The molecule has 1 fully saturated rings. The van der Waals surface area contributed by atoms with E-state index in [9.17, 15) is 0 Å². The van der Waals surface area contributed by atoms with Crippen molar-refractivity contribution in [3.63, 3.8) is 0 Å². The Morgan fingerprint density at radius 2 is 1.94 bits per heavy atom. The largest absolute Gasteiger partial charge is 0.384 e. The van der Waals surface area contributed by atoms with Crippen LogP contribution in [0, 0.1) is 0 Å². The minimum Gasteiger partial charge on any atom is -0.384 e. The van der Waals surface area contributed by atoms with Gasteiger partial charge >= 0.3 is 0 Å². The normalized spacial score (nSPS) is 17.7. The lowest BCUT2D eigenvalue weighted by atomic mass is 9.96. The standard InChI is InChI=1S/C13H22N4S/c1-13(2,3)12-16-10(14)8-11(17-12)15-9-4-6-18-7-5-9/h8-9H,4-7H2,1-3H3,(H3,14,15,16,17). The Labute approximate surface area is 113 Å². The summed E-state index contributed by atoms with van der Waals surface area (Å²) in [5, 5.41) is 3.49. The van der Waals surface area contributed by atoms with Gasteiger partial charge in [0.2, 0.25) is 0 Å². The van der Waals surface area contributed by atoms with Crippen molar-refractivity contribution in [1.29, 1.82) is 0 Å². The number of nitrogens with zero attached hydrogens (tertiary/aromatic N) is 2. The van der Waals surface area contributed by atoms with Gasteiger partial charge in [0.05, 0.1) is 0 Å². The monoisotopic (exact) mass is 266 g/mol. The Bertz CT molecular complexity index is 408. The van der Waals surface area contributed by atoms with E-state index in [-0.39, 0.29) is 5.41 Å². The van der Waals surface area contributed by atoms with Gasteiger partial charge in [-0.1, -0.05) is 20.8 Å². The highest BCUT2D eigenvalue weighted by Gasteiger charge is 2.20. The number of thioether (sulfide) groups is 1. The lowest BCUT2D eigenvalue weighted by Gasteiger charge is -2.24. The third-order valence-electron chi connectivity index (χ3n) is 2.99. The van der Waals surface area contributed by atoms with Gasteiger partial charge in [0.25, 0.3) is 0 Å². The highest BCUT2D eigenvalue weighted by Crippen LogP contribution is 2.24. The number of nitrogens with one attached hydrogen (secondary N) is 1. The molecule has 0 spiro atoms. The molecule has 1 aromatic heterocycles. The average molecular weight is 266 g/mol. The topological polar surface area (TPSA) is 63.8 Å². The summed E-state index contributed by atoms with van der Waals surface area (Å²) in [7, 11) is 0. The van der Waals surface area contributed by atoms with Crippen LogP contribution in [0.25, 0.3) is 0 Å². The molecular formula is C13H22N4S. The highest BCUT2D eigenvalue weighted by atomic mass is 32.2. The van der Waals surface area contributed by atoms with E-state index in [2.05, 4.69) is 36.1 Å². The molecular weight excluding hydrogens is 244 g/mol. The van der Waals surface area contributed by atoms with Crippen LogP contribution >= 0.6 is 11.8 Å². The van der Waals surface area contributed by atoms with E-state index in [1.807, 2.05) is 17.8 Å². The van der Waals surface area contributed by atoms with Gasteiger partial charge in [-0.05, 0) is 24.3 Å². The second-order valence-corrected chi connectivity index (χ2v) is 7.01. The summed E-state index contributed by atoms with van der Waals surface area (Å²) in [5.41, 5.74) is 5.79. The van der Waals surface area contributed by atoms with Gasteiger partial charge < -0.3 is 11.1 Å². The van der Waals surface area contributed by atoms with E-state index in [0.29, 0.717) is 11.9 Å².